The summed E-state index contributed by atoms with van der Waals surface area (Å²) in [6, 6.07) is 0.191. The maximum absolute atomic E-state index is 11.2. The maximum Gasteiger partial charge on any atom is 0.236 e. The van der Waals surface area contributed by atoms with Crippen molar-refractivity contribution in [2.75, 3.05) is 26.7 Å². The number of carbonyl (C=O) groups excluding carboxylic acids is 1. The molecular formula is C7H15N3O. The van der Waals surface area contributed by atoms with Gasteiger partial charge >= 0.3 is 0 Å². The van der Waals surface area contributed by atoms with Crippen LogP contribution >= 0.6 is 0 Å². The summed E-state index contributed by atoms with van der Waals surface area (Å²) in [5.74, 6) is 0.153. The highest BCUT2D eigenvalue weighted by molar-refractivity contribution is 5.78. The van der Waals surface area contributed by atoms with E-state index < -0.39 is 0 Å². The fraction of sp³-hybridized carbons (Fsp3) is 0.857. The molecule has 0 unspecified atom stereocenters. The van der Waals surface area contributed by atoms with Gasteiger partial charge in [0.15, 0.2) is 0 Å². The highest BCUT2D eigenvalue weighted by Gasteiger charge is 2.22. The predicted molar refractivity (Wildman–Crippen MR) is 43.1 cm³/mol. The van der Waals surface area contributed by atoms with E-state index in [1.807, 2.05) is 0 Å². The van der Waals surface area contributed by atoms with Gasteiger partial charge in [0.2, 0.25) is 5.91 Å². The zero-order valence-corrected chi connectivity index (χ0v) is 6.84. The Kier molecular flexibility index (Phi) is 2.84. The van der Waals surface area contributed by atoms with E-state index in [1.54, 1.807) is 11.9 Å². The van der Waals surface area contributed by atoms with Crippen molar-refractivity contribution in [3.05, 3.63) is 0 Å². The van der Waals surface area contributed by atoms with E-state index in [4.69, 9.17) is 5.73 Å². The van der Waals surface area contributed by atoms with Gasteiger partial charge in [-0.2, -0.15) is 0 Å². The van der Waals surface area contributed by atoms with E-state index in [1.165, 1.54) is 0 Å². The minimum atomic E-state index is 0.153. The van der Waals surface area contributed by atoms with Crippen LogP contribution in [0.15, 0.2) is 0 Å². The highest BCUT2D eigenvalue weighted by Crippen LogP contribution is 2.05. The molecule has 0 aromatic carbocycles. The minimum absolute atomic E-state index is 0.153. The van der Waals surface area contributed by atoms with Crippen LogP contribution in [0.3, 0.4) is 0 Å². The van der Waals surface area contributed by atoms with Crippen molar-refractivity contribution in [2.24, 2.45) is 5.73 Å². The van der Waals surface area contributed by atoms with Crippen LogP contribution in [0.1, 0.15) is 6.42 Å². The minimum Gasteiger partial charge on any atom is -0.340 e. The van der Waals surface area contributed by atoms with Crippen LogP contribution < -0.4 is 11.1 Å². The lowest BCUT2D eigenvalue weighted by molar-refractivity contribution is -0.129. The van der Waals surface area contributed by atoms with Crippen LogP contribution in [0.25, 0.3) is 0 Å². The molecule has 0 spiro atoms. The largest absolute Gasteiger partial charge is 0.340 e. The second kappa shape index (κ2) is 3.69. The molecule has 4 nitrogen and oxygen atoms in total. The molecule has 4 heteroatoms. The van der Waals surface area contributed by atoms with Gasteiger partial charge in [0.05, 0.1) is 6.54 Å². The predicted octanol–water partition coefficient (Wildman–Crippen LogP) is -1.23. The van der Waals surface area contributed by atoms with Crippen LogP contribution in [-0.4, -0.2) is 43.5 Å². The summed E-state index contributed by atoms with van der Waals surface area (Å²) in [4.78, 5) is 13.0. The van der Waals surface area contributed by atoms with Crippen molar-refractivity contribution in [2.45, 2.75) is 12.5 Å². The Hall–Kier alpha value is -0.610. The van der Waals surface area contributed by atoms with Crippen molar-refractivity contribution in [1.29, 1.82) is 0 Å². The number of carbonyl (C=O) groups is 1. The zero-order valence-electron chi connectivity index (χ0n) is 6.84. The lowest BCUT2D eigenvalue weighted by Crippen LogP contribution is -2.37. The average Bonchev–Trinajstić information content (AvgIpc) is 2.36. The smallest absolute Gasteiger partial charge is 0.236 e. The number of amides is 1. The number of likely N-dealkylation sites (N-methyl/N-ethyl adjacent to an activating group) is 1. The summed E-state index contributed by atoms with van der Waals surface area (Å²) in [6.45, 7) is 1.97. The number of nitrogens with one attached hydrogen (secondary N) is 1. The van der Waals surface area contributed by atoms with Gasteiger partial charge in [0.25, 0.3) is 0 Å². The number of likely N-dealkylation sites (tertiary alicyclic amines) is 1. The molecule has 64 valence electrons. The van der Waals surface area contributed by atoms with Crippen molar-refractivity contribution < 1.29 is 4.79 Å². The number of nitrogens with two attached hydrogens (primary N) is 1. The third-order valence-electron chi connectivity index (χ3n) is 1.91. The molecule has 1 fully saturated rings. The van der Waals surface area contributed by atoms with Gasteiger partial charge in [-0.05, 0) is 13.5 Å². The summed E-state index contributed by atoms with van der Waals surface area (Å²) in [7, 11) is 1.77. The molecule has 1 amide bonds. The maximum atomic E-state index is 11.2. The Morgan fingerprint density at radius 2 is 2.55 bits per heavy atom. The van der Waals surface area contributed by atoms with Gasteiger partial charge in [-0.1, -0.05) is 0 Å². The lowest BCUT2D eigenvalue weighted by Gasteiger charge is -2.14. The number of hydrogen-bond acceptors (Lipinski definition) is 3. The molecule has 0 radical (unpaired) electrons. The molecule has 0 bridgehead atoms. The van der Waals surface area contributed by atoms with Crippen molar-refractivity contribution in [3.8, 4) is 0 Å². The zero-order chi connectivity index (χ0) is 8.27. The van der Waals surface area contributed by atoms with Crippen molar-refractivity contribution in [1.82, 2.24) is 10.2 Å². The van der Waals surface area contributed by atoms with E-state index >= 15 is 0 Å². The van der Waals surface area contributed by atoms with Crippen LogP contribution in [0, 0.1) is 0 Å². The first-order chi connectivity index (χ1) is 5.24. The first-order valence-electron chi connectivity index (χ1n) is 3.92. The summed E-state index contributed by atoms with van der Waals surface area (Å²) < 4.78 is 0. The van der Waals surface area contributed by atoms with Crippen LogP contribution in [0.5, 0.6) is 0 Å². The van der Waals surface area contributed by atoms with Crippen LogP contribution in [0.4, 0.5) is 0 Å². The molecule has 1 heterocycles. The lowest BCUT2D eigenvalue weighted by atomic mass is 10.3. The van der Waals surface area contributed by atoms with Gasteiger partial charge in [0, 0.05) is 19.1 Å². The molecule has 3 N–H and O–H groups in total. The highest BCUT2D eigenvalue weighted by atomic mass is 16.2. The van der Waals surface area contributed by atoms with Gasteiger partial charge in [-0.15, -0.1) is 0 Å². The summed E-state index contributed by atoms with van der Waals surface area (Å²) in [6.07, 6.45) is 0.940. The Morgan fingerprint density at radius 3 is 3.00 bits per heavy atom. The molecule has 1 rings (SSSR count). The first kappa shape index (κ1) is 8.49. The van der Waals surface area contributed by atoms with Crippen molar-refractivity contribution >= 4 is 5.91 Å². The summed E-state index contributed by atoms with van der Waals surface area (Å²) in [5, 5.41) is 2.83. The Labute approximate surface area is 66.7 Å². The second-order valence-electron chi connectivity index (χ2n) is 2.92. The van der Waals surface area contributed by atoms with Gasteiger partial charge in [-0.3, -0.25) is 4.79 Å². The van der Waals surface area contributed by atoms with Gasteiger partial charge < -0.3 is 16.0 Å². The fourth-order valence-corrected chi connectivity index (χ4v) is 1.28. The standard InChI is InChI=1S/C7H15N3O/c1-9-4-7(11)10-3-2-6(8)5-10/h6,9H,2-5,8H2,1H3/t6-/m1/s1. The normalized spacial score (nSPS) is 24.2. The number of hydrogen-bond donors (Lipinski definition) is 2. The SMILES string of the molecule is CNCC(=O)N1CC[C@@H](N)C1. The number of nitrogens with zero attached hydrogens (tertiary/aromatic N) is 1. The molecular weight excluding hydrogens is 142 g/mol. The first-order valence-corrected chi connectivity index (χ1v) is 3.92. The van der Waals surface area contributed by atoms with E-state index in [0.717, 1.165) is 19.5 Å². The Bertz CT molecular complexity index is 149. The van der Waals surface area contributed by atoms with E-state index in [-0.39, 0.29) is 11.9 Å². The topological polar surface area (TPSA) is 58.4 Å². The van der Waals surface area contributed by atoms with E-state index in [9.17, 15) is 4.79 Å². The molecule has 1 aliphatic heterocycles. The third kappa shape index (κ3) is 2.17. The fourth-order valence-electron chi connectivity index (χ4n) is 1.28. The Morgan fingerprint density at radius 1 is 1.82 bits per heavy atom. The molecule has 0 aliphatic carbocycles. The van der Waals surface area contributed by atoms with Crippen molar-refractivity contribution in [3.63, 3.8) is 0 Å². The van der Waals surface area contributed by atoms with E-state index in [0.29, 0.717) is 6.54 Å². The molecule has 1 aliphatic rings. The number of rotatable bonds is 2. The average molecular weight is 157 g/mol. The molecule has 1 saturated heterocycles. The van der Waals surface area contributed by atoms with E-state index in [2.05, 4.69) is 5.32 Å². The molecule has 0 aromatic rings. The van der Waals surface area contributed by atoms with Crippen LogP contribution in [-0.2, 0) is 4.79 Å². The summed E-state index contributed by atoms with van der Waals surface area (Å²) in [5.41, 5.74) is 5.64. The Balaban J connectivity index is 2.31. The third-order valence-corrected chi connectivity index (χ3v) is 1.91. The quantitative estimate of drug-likeness (QED) is 0.527. The molecule has 11 heavy (non-hydrogen) atoms. The van der Waals surface area contributed by atoms with Crippen LogP contribution in [0.2, 0.25) is 0 Å². The molecule has 1 atom stereocenters. The molecule has 0 aromatic heterocycles. The summed E-state index contributed by atoms with van der Waals surface area (Å²) >= 11 is 0. The van der Waals surface area contributed by atoms with Gasteiger partial charge in [0.1, 0.15) is 0 Å². The molecule has 0 saturated carbocycles. The second-order valence-corrected chi connectivity index (χ2v) is 2.92. The van der Waals surface area contributed by atoms with Gasteiger partial charge in [-0.25, -0.2) is 0 Å². The monoisotopic (exact) mass is 157 g/mol.